The summed E-state index contributed by atoms with van der Waals surface area (Å²) in [6.07, 6.45) is 4.77. The Kier molecular flexibility index (Phi) is 5.41. The summed E-state index contributed by atoms with van der Waals surface area (Å²) >= 11 is 0. The van der Waals surface area contributed by atoms with Crippen molar-refractivity contribution in [3.63, 3.8) is 0 Å². The van der Waals surface area contributed by atoms with E-state index in [2.05, 4.69) is 11.2 Å². The molecular formula is C15H19NO2. The standard InChI is InChI=1S/C15H19NO2/c1-5-13(11(2)3)16-15(17)14(18-4)12-9-7-6-8-10-12/h1,6-11,13-14H,2-4H3,(H,16,17). The molecule has 0 fully saturated rings. The highest BCUT2D eigenvalue weighted by molar-refractivity contribution is 5.82. The van der Waals surface area contributed by atoms with Crippen LogP contribution in [0.3, 0.4) is 0 Å². The van der Waals surface area contributed by atoms with Crippen LogP contribution in [-0.4, -0.2) is 19.1 Å². The Morgan fingerprint density at radius 2 is 1.94 bits per heavy atom. The lowest BCUT2D eigenvalue weighted by molar-refractivity contribution is -0.132. The maximum absolute atomic E-state index is 12.1. The summed E-state index contributed by atoms with van der Waals surface area (Å²) in [7, 11) is 1.51. The van der Waals surface area contributed by atoms with Crippen LogP contribution in [0.5, 0.6) is 0 Å². The van der Waals surface area contributed by atoms with E-state index in [4.69, 9.17) is 11.2 Å². The zero-order valence-corrected chi connectivity index (χ0v) is 11.0. The second kappa shape index (κ2) is 6.83. The molecule has 2 unspecified atom stereocenters. The van der Waals surface area contributed by atoms with Crippen LogP contribution in [0.25, 0.3) is 0 Å². The second-order valence-electron chi connectivity index (χ2n) is 4.42. The monoisotopic (exact) mass is 245 g/mol. The Morgan fingerprint density at radius 1 is 1.33 bits per heavy atom. The van der Waals surface area contributed by atoms with Crippen molar-refractivity contribution in [1.29, 1.82) is 0 Å². The molecule has 3 nitrogen and oxygen atoms in total. The molecule has 18 heavy (non-hydrogen) atoms. The number of benzene rings is 1. The maximum atomic E-state index is 12.1. The summed E-state index contributed by atoms with van der Waals surface area (Å²) in [5, 5.41) is 2.82. The molecule has 0 aliphatic rings. The van der Waals surface area contributed by atoms with Gasteiger partial charge in [0.1, 0.15) is 0 Å². The number of carbonyl (C=O) groups is 1. The van der Waals surface area contributed by atoms with Crippen LogP contribution in [0.2, 0.25) is 0 Å². The van der Waals surface area contributed by atoms with Crippen molar-refractivity contribution >= 4 is 5.91 Å². The molecule has 0 aromatic heterocycles. The van der Waals surface area contributed by atoms with Gasteiger partial charge in [0.2, 0.25) is 0 Å². The van der Waals surface area contributed by atoms with E-state index in [1.807, 2.05) is 44.2 Å². The van der Waals surface area contributed by atoms with Gasteiger partial charge in [-0.3, -0.25) is 4.79 Å². The van der Waals surface area contributed by atoms with Gasteiger partial charge in [0.15, 0.2) is 6.10 Å². The lowest BCUT2D eigenvalue weighted by atomic mass is 10.0. The number of ether oxygens (including phenoxy) is 1. The van der Waals surface area contributed by atoms with Crippen LogP contribution in [-0.2, 0) is 9.53 Å². The van der Waals surface area contributed by atoms with Gasteiger partial charge in [-0.1, -0.05) is 50.1 Å². The fourth-order valence-electron chi connectivity index (χ4n) is 1.65. The first kappa shape index (κ1) is 14.3. The van der Waals surface area contributed by atoms with Gasteiger partial charge < -0.3 is 10.1 Å². The van der Waals surface area contributed by atoms with Crippen molar-refractivity contribution in [2.45, 2.75) is 26.0 Å². The molecule has 0 heterocycles. The molecule has 1 aromatic carbocycles. The first-order chi connectivity index (χ1) is 8.60. The average molecular weight is 245 g/mol. The summed E-state index contributed by atoms with van der Waals surface area (Å²) in [5.74, 6) is 2.55. The van der Waals surface area contributed by atoms with E-state index in [0.29, 0.717) is 0 Å². The van der Waals surface area contributed by atoms with Crippen molar-refractivity contribution in [1.82, 2.24) is 5.32 Å². The Hall–Kier alpha value is -1.79. The molecule has 0 saturated heterocycles. The molecule has 1 rings (SSSR count). The summed E-state index contributed by atoms with van der Waals surface area (Å²) in [4.78, 5) is 12.1. The van der Waals surface area contributed by atoms with Crippen molar-refractivity contribution in [2.24, 2.45) is 5.92 Å². The molecule has 2 atom stereocenters. The fraction of sp³-hybridized carbons (Fsp3) is 0.400. The minimum absolute atomic E-state index is 0.187. The van der Waals surface area contributed by atoms with E-state index in [-0.39, 0.29) is 17.9 Å². The number of nitrogens with one attached hydrogen (secondary N) is 1. The number of terminal acetylenes is 1. The topological polar surface area (TPSA) is 38.3 Å². The summed E-state index contributed by atoms with van der Waals surface area (Å²) in [5.41, 5.74) is 0.817. The SMILES string of the molecule is C#CC(NC(=O)C(OC)c1ccccc1)C(C)C. The van der Waals surface area contributed by atoms with Crippen molar-refractivity contribution in [2.75, 3.05) is 7.11 Å². The first-order valence-corrected chi connectivity index (χ1v) is 5.94. The maximum Gasteiger partial charge on any atom is 0.254 e. The third-order valence-electron chi connectivity index (χ3n) is 2.72. The van der Waals surface area contributed by atoms with Crippen LogP contribution in [0.4, 0.5) is 0 Å². The normalized spacial score (nSPS) is 13.7. The van der Waals surface area contributed by atoms with Crippen molar-refractivity contribution in [3.8, 4) is 12.3 Å². The van der Waals surface area contributed by atoms with Gasteiger partial charge >= 0.3 is 0 Å². The number of hydrogen-bond acceptors (Lipinski definition) is 2. The van der Waals surface area contributed by atoms with Gasteiger partial charge in [-0.25, -0.2) is 0 Å². The molecule has 0 radical (unpaired) electrons. The van der Waals surface area contributed by atoms with Gasteiger partial charge in [-0.15, -0.1) is 6.42 Å². The lowest BCUT2D eigenvalue weighted by Gasteiger charge is -2.21. The Morgan fingerprint density at radius 3 is 2.39 bits per heavy atom. The molecule has 0 saturated carbocycles. The minimum atomic E-state index is -0.624. The number of rotatable bonds is 5. The summed E-state index contributed by atoms with van der Waals surface area (Å²) in [6.45, 7) is 3.93. The van der Waals surface area contributed by atoms with Crippen LogP contribution >= 0.6 is 0 Å². The largest absolute Gasteiger partial charge is 0.367 e. The molecule has 0 bridgehead atoms. The highest BCUT2D eigenvalue weighted by atomic mass is 16.5. The molecule has 1 aromatic rings. The minimum Gasteiger partial charge on any atom is -0.367 e. The Labute approximate surface area is 109 Å². The number of amides is 1. The molecule has 1 N–H and O–H groups in total. The van der Waals surface area contributed by atoms with Crippen molar-refractivity contribution < 1.29 is 9.53 Å². The van der Waals surface area contributed by atoms with Gasteiger partial charge in [0.05, 0.1) is 6.04 Å². The van der Waals surface area contributed by atoms with Gasteiger partial charge in [0, 0.05) is 7.11 Å². The number of carbonyl (C=O) groups excluding carboxylic acids is 1. The number of hydrogen-bond donors (Lipinski definition) is 1. The smallest absolute Gasteiger partial charge is 0.254 e. The van der Waals surface area contributed by atoms with Gasteiger partial charge in [-0.05, 0) is 11.5 Å². The Balaban J connectivity index is 2.79. The quantitative estimate of drug-likeness (QED) is 0.807. The van der Waals surface area contributed by atoms with Gasteiger partial charge in [-0.2, -0.15) is 0 Å². The van der Waals surface area contributed by atoms with Crippen LogP contribution < -0.4 is 5.32 Å². The zero-order chi connectivity index (χ0) is 13.5. The van der Waals surface area contributed by atoms with E-state index >= 15 is 0 Å². The van der Waals surface area contributed by atoms with E-state index < -0.39 is 6.10 Å². The molecule has 0 aliphatic carbocycles. The third kappa shape index (κ3) is 3.61. The zero-order valence-electron chi connectivity index (χ0n) is 11.0. The molecule has 0 aliphatic heterocycles. The van der Waals surface area contributed by atoms with E-state index in [9.17, 15) is 4.79 Å². The predicted molar refractivity (Wildman–Crippen MR) is 71.8 cm³/mol. The van der Waals surface area contributed by atoms with Crippen molar-refractivity contribution in [3.05, 3.63) is 35.9 Å². The predicted octanol–water partition coefficient (Wildman–Crippen LogP) is 2.15. The van der Waals surface area contributed by atoms with E-state index in [0.717, 1.165) is 5.56 Å². The highest BCUT2D eigenvalue weighted by Crippen LogP contribution is 2.16. The third-order valence-corrected chi connectivity index (χ3v) is 2.72. The second-order valence-corrected chi connectivity index (χ2v) is 4.42. The summed E-state index contributed by atoms with van der Waals surface area (Å²) < 4.78 is 5.24. The number of methoxy groups -OCH3 is 1. The average Bonchev–Trinajstić information content (AvgIpc) is 2.37. The molecule has 1 amide bonds. The van der Waals surface area contributed by atoms with Gasteiger partial charge in [0.25, 0.3) is 5.91 Å². The van der Waals surface area contributed by atoms with E-state index in [1.165, 1.54) is 7.11 Å². The molecule has 0 spiro atoms. The fourth-order valence-corrected chi connectivity index (χ4v) is 1.65. The molecular weight excluding hydrogens is 226 g/mol. The lowest BCUT2D eigenvalue weighted by Crippen LogP contribution is -2.40. The van der Waals surface area contributed by atoms with Crippen LogP contribution in [0, 0.1) is 18.3 Å². The van der Waals surface area contributed by atoms with Crippen LogP contribution in [0.15, 0.2) is 30.3 Å². The Bertz CT molecular complexity index is 420. The molecule has 96 valence electrons. The highest BCUT2D eigenvalue weighted by Gasteiger charge is 2.23. The van der Waals surface area contributed by atoms with Crippen LogP contribution in [0.1, 0.15) is 25.5 Å². The van der Waals surface area contributed by atoms with E-state index in [1.54, 1.807) is 0 Å². The first-order valence-electron chi connectivity index (χ1n) is 5.94. The molecule has 3 heteroatoms. The summed E-state index contributed by atoms with van der Waals surface area (Å²) in [6, 6.07) is 9.07.